The van der Waals surface area contributed by atoms with Crippen molar-refractivity contribution in [1.82, 2.24) is 0 Å². The maximum absolute atomic E-state index is 11.5. The van der Waals surface area contributed by atoms with Crippen LogP contribution in [-0.2, 0) is 14.4 Å². The number of nitrogens with zero attached hydrogens (tertiary/aromatic N) is 1. The minimum absolute atomic E-state index is 0.409. The summed E-state index contributed by atoms with van der Waals surface area (Å²) in [6.45, 7) is 4.02. The van der Waals surface area contributed by atoms with Gasteiger partial charge in [0.15, 0.2) is 0 Å². The van der Waals surface area contributed by atoms with E-state index in [0.29, 0.717) is 17.2 Å². The summed E-state index contributed by atoms with van der Waals surface area (Å²) in [5.41, 5.74) is 0.677. The number of oxime groups is 1. The molecule has 1 radical (unpaired) electrons. The average Bonchev–Trinajstić information content (AvgIpc) is 2.41. The first-order chi connectivity index (χ1) is 9.15. The van der Waals surface area contributed by atoms with E-state index >= 15 is 0 Å². The highest BCUT2D eigenvalue weighted by molar-refractivity contribution is 6.33. The maximum atomic E-state index is 11.5. The fourth-order valence-electron chi connectivity index (χ4n) is 1.18. The molecule has 0 aromatic heterocycles. The van der Waals surface area contributed by atoms with Gasteiger partial charge in [0, 0.05) is 10.6 Å². The number of ether oxygens (including phenoxy) is 1. The van der Waals surface area contributed by atoms with Gasteiger partial charge >= 0.3 is 5.97 Å². The third kappa shape index (κ3) is 5.75. The molecule has 19 heavy (non-hydrogen) atoms. The van der Waals surface area contributed by atoms with Crippen LogP contribution < -0.4 is 0 Å². The van der Waals surface area contributed by atoms with E-state index in [-0.39, 0.29) is 0 Å². The first kappa shape index (κ1) is 15.5. The molecule has 0 bridgehead atoms. The van der Waals surface area contributed by atoms with Gasteiger partial charge in [-0.05, 0) is 31.5 Å². The van der Waals surface area contributed by atoms with E-state index in [4.69, 9.17) is 21.2 Å². The summed E-state index contributed by atoms with van der Waals surface area (Å²) in [5, 5.41) is 4.27. The molecule has 0 saturated heterocycles. The first-order valence-corrected chi connectivity index (χ1v) is 6.54. The van der Waals surface area contributed by atoms with Gasteiger partial charge < -0.3 is 9.57 Å². The number of hydrogen-bond acceptors (Lipinski definition) is 4. The van der Waals surface area contributed by atoms with E-state index in [1.54, 1.807) is 25.1 Å². The van der Waals surface area contributed by atoms with Gasteiger partial charge in [-0.3, -0.25) is 0 Å². The van der Waals surface area contributed by atoms with Gasteiger partial charge in [-0.2, -0.15) is 0 Å². The SMILES string of the molecule is CCCCOC(=O)C(C)ON=Cc1c[c]ccc1Cl. The molecule has 1 unspecified atom stereocenters. The lowest BCUT2D eigenvalue weighted by Crippen LogP contribution is -2.22. The lowest BCUT2D eigenvalue weighted by molar-refractivity contribution is -0.156. The second-order valence-corrected chi connectivity index (χ2v) is 4.36. The summed E-state index contributed by atoms with van der Waals surface area (Å²) in [4.78, 5) is 16.5. The molecule has 0 aliphatic heterocycles. The second kappa shape index (κ2) is 8.53. The topological polar surface area (TPSA) is 47.9 Å². The van der Waals surface area contributed by atoms with Crippen LogP contribution in [0.3, 0.4) is 0 Å². The highest BCUT2D eigenvalue weighted by atomic mass is 35.5. The zero-order chi connectivity index (χ0) is 14.1. The van der Waals surface area contributed by atoms with Crippen molar-refractivity contribution in [2.75, 3.05) is 6.61 Å². The summed E-state index contributed by atoms with van der Waals surface area (Å²) < 4.78 is 5.00. The number of rotatable bonds is 7. The molecule has 0 saturated carbocycles. The Bertz CT molecular complexity index is 434. The Hall–Kier alpha value is -1.55. The maximum Gasteiger partial charge on any atom is 0.349 e. The number of esters is 1. The largest absolute Gasteiger partial charge is 0.463 e. The molecular weight excluding hydrogens is 266 g/mol. The lowest BCUT2D eigenvalue weighted by atomic mass is 10.2. The van der Waals surface area contributed by atoms with Crippen LogP contribution in [0.2, 0.25) is 5.02 Å². The minimum Gasteiger partial charge on any atom is -0.463 e. The normalized spacial score (nSPS) is 12.4. The zero-order valence-electron chi connectivity index (χ0n) is 11.1. The standard InChI is InChI=1S/C14H17ClNO3/c1-3-4-9-18-14(17)11(2)19-16-10-12-7-5-6-8-13(12)15/h6-8,10-11H,3-4,9H2,1-2H3. The molecule has 0 aliphatic rings. The van der Waals surface area contributed by atoms with Crippen LogP contribution in [0.4, 0.5) is 0 Å². The summed E-state index contributed by atoms with van der Waals surface area (Å²) in [5.74, 6) is -0.420. The van der Waals surface area contributed by atoms with Crippen LogP contribution in [-0.4, -0.2) is 24.9 Å². The van der Waals surface area contributed by atoms with Crippen molar-refractivity contribution in [2.45, 2.75) is 32.8 Å². The van der Waals surface area contributed by atoms with Crippen LogP contribution in [0.1, 0.15) is 32.3 Å². The van der Waals surface area contributed by atoms with Crippen molar-refractivity contribution in [3.8, 4) is 0 Å². The molecule has 0 fully saturated rings. The molecule has 0 amide bonds. The number of unbranched alkanes of at least 4 members (excludes halogenated alkanes) is 1. The smallest absolute Gasteiger partial charge is 0.349 e. The fourth-order valence-corrected chi connectivity index (χ4v) is 1.35. The van der Waals surface area contributed by atoms with Gasteiger partial charge in [0.1, 0.15) is 0 Å². The monoisotopic (exact) mass is 282 g/mol. The van der Waals surface area contributed by atoms with Crippen molar-refractivity contribution in [3.05, 3.63) is 34.9 Å². The van der Waals surface area contributed by atoms with Gasteiger partial charge in [0.2, 0.25) is 6.10 Å². The van der Waals surface area contributed by atoms with Crippen LogP contribution >= 0.6 is 11.6 Å². The molecular formula is C14H17ClNO3. The summed E-state index contributed by atoms with van der Waals surface area (Å²) in [6.07, 6.45) is 2.52. The number of carbonyl (C=O) groups is 1. The predicted molar refractivity (Wildman–Crippen MR) is 74.3 cm³/mol. The van der Waals surface area contributed by atoms with Gasteiger partial charge in [0.05, 0.1) is 12.8 Å². The molecule has 1 aromatic carbocycles. The number of benzene rings is 1. The number of halogens is 1. The Morgan fingerprint density at radius 1 is 1.63 bits per heavy atom. The molecule has 5 heteroatoms. The molecule has 0 aliphatic carbocycles. The van der Waals surface area contributed by atoms with Crippen LogP contribution in [0.25, 0.3) is 0 Å². The molecule has 0 heterocycles. The van der Waals surface area contributed by atoms with Gasteiger partial charge in [0.25, 0.3) is 0 Å². The second-order valence-electron chi connectivity index (χ2n) is 3.95. The molecule has 1 rings (SSSR count). The van der Waals surface area contributed by atoms with E-state index in [1.807, 2.05) is 6.92 Å². The Balaban J connectivity index is 2.39. The highest BCUT2D eigenvalue weighted by Gasteiger charge is 2.15. The van der Waals surface area contributed by atoms with Gasteiger partial charge in [-0.1, -0.05) is 36.2 Å². The van der Waals surface area contributed by atoms with Crippen molar-refractivity contribution in [3.63, 3.8) is 0 Å². The summed E-state index contributed by atoms with van der Waals surface area (Å²) in [7, 11) is 0. The van der Waals surface area contributed by atoms with E-state index in [1.165, 1.54) is 6.21 Å². The summed E-state index contributed by atoms with van der Waals surface area (Å²) >= 11 is 5.93. The molecule has 0 spiro atoms. The van der Waals surface area contributed by atoms with Crippen LogP contribution in [0, 0.1) is 6.07 Å². The van der Waals surface area contributed by atoms with Gasteiger partial charge in [-0.25, -0.2) is 4.79 Å². The van der Waals surface area contributed by atoms with Crippen LogP contribution in [0.5, 0.6) is 0 Å². The molecule has 0 N–H and O–H groups in total. The Morgan fingerprint density at radius 3 is 3.11 bits per heavy atom. The third-order valence-electron chi connectivity index (χ3n) is 2.33. The van der Waals surface area contributed by atoms with Crippen molar-refractivity contribution < 1.29 is 14.4 Å². The van der Waals surface area contributed by atoms with Gasteiger partial charge in [-0.15, -0.1) is 0 Å². The van der Waals surface area contributed by atoms with Crippen molar-refractivity contribution >= 4 is 23.8 Å². The Morgan fingerprint density at radius 2 is 2.42 bits per heavy atom. The number of carbonyl (C=O) groups excluding carboxylic acids is 1. The number of hydrogen-bond donors (Lipinski definition) is 0. The minimum atomic E-state index is -0.737. The van der Waals surface area contributed by atoms with Crippen molar-refractivity contribution in [1.29, 1.82) is 0 Å². The van der Waals surface area contributed by atoms with E-state index in [2.05, 4.69) is 11.2 Å². The first-order valence-electron chi connectivity index (χ1n) is 6.16. The van der Waals surface area contributed by atoms with E-state index in [0.717, 1.165) is 12.8 Å². The quantitative estimate of drug-likeness (QED) is 0.334. The molecule has 103 valence electrons. The fraction of sp³-hybridized carbons (Fsp3) is 0.429. The molecule has 1 aromatic rings. The summed E-state index contributed by atoms with van der Waals surface area (Å²) in [6, 6.07) is 7.96. The third-order valence-corrected chi connectivity index (χ3v) is 2.67. The Labute approximate surface area is 118 Å². The van der Waals surface area contributed by atoms with Crippen molar-refractivity contribution in [2.24, 2.45) is 5.16 Å². The van der Waals surface area contributed by atoms with E-state index in [9.17, 15) is 4.79 Å². The van der Waals surface area contributed by atoms with E-state index < -0.39 is 12.1 Å². The van der Waals surface area contributed by atoms with Crippen LogP contribution in [0.15, 0.2) is 23.4 Å². The highest BCUT2D eigenvalue weighted by Crippen LogP contribution is 2.12. The zero-order valence-corrected chi connectivity index (χ0v) is 11.8. The molecule has 1 atom stereocenters. The lowest BCUT2D eigenvalue weighted by Gasteiger charge is -2.09. The molecule has 4 nitrogen and oxygen atoms in total. The predicted octanol–water partition coefficient (Wildman–Crippen LogP) is 3.22. The average molecular weight is 283 g/mol. The Kier molecular flexibility index (Phi) is 6.97.